The van der Waals surface area contributed by atoms with Gasteiger partial charge in [0, 0.05) is 25.2 Å². The second kappa shape index (κ2) is 5.44. The molecule has 2 aromatic rings. The number of nitrogens with zero attached hydrogens (tertiary/aromatic N) is 3. The number of hydrogen-bond donors (Lipinski definition) is 1. The molecule has 0 unspecified atom stereocenters. The van der Waals surface area contributed by atoms with Crippen molar-refractivity contribution in [1.29, 1.82) is 0 Å². The molecule has 2 aromatic heterocycles. The standard InChI is InChI=1S/C16H24N4/c1-12(2)11-20(13-6-7-13)16-14(8-9-17)19-10-4-3-5-15(19)18-16/h3-5,10,12-13H,6-9,11,17H2,1-2H3. The lowest BCUT2D eigenvalue weighted by molar-refractivity contribution is 0.601. The lowest BCUT2D eigenvalue weighted by Gasteiger charge is -2.25. The molecular weight excluding hydrogens is 248 g/mol. The third-order valence-corrected chi connectivity index (χ3v) is 3.81. The molecule has 1 aliphatic rings. The third-order valence-electron chi connectivity index (χ3n) is 3.81. The van der Waals surface area contributed by atoms with Crippen molar-refractivity contribution >= 4 is 11.5 Å². The molecule has 20 heavy (non-hydrogen) atoms. The maximum Gasteiger partial charge on any atom is 0.151 e. The predicted octanol–water partition coefficient (Wildman–Crippen LogP) is 2.46. The summed E-state index contributed by atoms with van der Waals surface area (Å²) < 4.78 is 2.19. The van der Waals surface area contributed by atoms with Crippen molar-refractivity contribution in [1.82, 2.24) is 9.38 Å². The highest BCUT2D eigenvalue weighted by molar-refractivity contribution is 5.57. The number of hydrogen-bond acceptors (Lipinski definition) is 3. The summed E-state index contributed by atoms with van der Waals surface area (Å²) in [7, 11) is 0. The summed E-state index contributed by atoms with van der Waals surface area (Å²) in [5.41, 5.74) is 8.10. The molecule has 0 saturated heterocycles. The topological polar surface area (TPSA) is 46.6 Å². The van der Waals surface area contributed by atoms with E-state index in [2.05, 4.69) is 41.5 Å². The van der Waals surface area contributed by atoms with Gasteiger partial charge in [0.25, 0.3) is 0 Å². The van der Waals surface area contributed by atoms with Gasteiger partial charge in [-0.05, 0) is 37.4 Å². The normalized spacial score (nSPS) is 15.2. The monoisotopic (exact) mass is 272 g/mol. The summed E-state index contributed by atoms with van der Waals surface area (Å²) in [6.07, 6.45) is 5.56. The van der Waals surface area contributed by atoms with Crippen LogP contribution in [0.4, 0.5) is 5.82 Å². The van der Waals surface area contributed by atoms with Crippen LogP contribution in [0.15, 0.2) is 24.4 Å². The van der Waals surface area contributed by atoms with Gasteiger partial charge >= 0.3 is 0 Å². The maximum atomic E-state index is 5.81. The first-order chi connectivity index (χ1) is 9.70. The average molecular weight is 272 g/mol. The zero-order valence-electron chi connectivity index (χ0n) is 12.4. The Balaban J connectivity index is 2.05. The van der Waals surface area contributed by atoms with Crippen molar-refractivity contribution in [3.05, 3.63) is 30.1 Å². The first kappa shape index (κ1) is 13.4. The number of anilines is 1. The van der Waals surface area contributed by atoms with Crippen LogP contribution in [0.5, 0.6) is 0 Å². The molecule has 1 aliphatic carbocycles. The van der Waals surface area contributed by atoms with E-state index in [0.717, 1.165) is 24.4 Å². The van der Waals surface area contributed by atoms with Gasteiger partial charge < -0.3 is 15.0 Å². The summed E-state index contributed by atoms with van der Waals surface area (Å²) in [6, 6.07) is 6.85. The zero-order chi connectivity index (χ0) is 14.1. The zero-order valence-corrected chi connectivity index (χ0v) is 12.4. The largest absolute Gasteiger partial charge is 0.352 e. The highest BCUT2D eigenvalue weighted by atomic mass is 15.3. The Kier molecular flexibility index (Phi) is 3.66. The molecule has 1 fully saturated rings. The van der Waals surface area contributed by atoms with E-state index in [4.69, 9.17) is 10.7 Å². The fourth-order valence-corrected chi connectivity index (χ4v) is 2.82. The first-order valence-electron chi connectivity index (χ1n) is 7.63. The minimum atomic E-state index is 0.645. The predicted molar refractivity (Wildman–Crippen MR) is 83.2 cm³/mol. The Morgan fingerprint density at radius 2 is 2.20 bits per heavy atom. The van der Waals surface area contributed by atoms with Crippen LogP contribution in [0.2, 0.25) is 0 Å². The van der Waals surface area contributed by atoms with Crippen LogP contribution in [0, 0.1) is 5.92 Å². The van der Waals surface area contributed by atoms with E-state index >= 15 is 0 Å². The summed E-state index contributed by atoms with van der Waals surface area (Å²) in [6.45, 7) is 6.28. The highest BCUT2D eigenvalue weighted by Gasteiger charge is 2.32. The molecule has 0 amide bonds. The third kappa shape index (κ3) is 2.52. The lowest BCUT2D eigenvalue weighted by Crippen LogP contribution is -2.31. The Labute approximate surface area is 120 Å². The lowest BCUT2D eigenvalue weighted by atomic mass is 10.2. The van der Waals surface area contributed by atoms with Crippen molar-refractivity contribution in [3.8, 4) is 0 Å². The molecule has 3 rings (SSSR count). The van der Waals surface area contributed by atoms with E-state index in [9.17, 15) is 0 Å². The SMILES string of the molecule is CC(C)CN(c1nc2ccccn2c1CCN)C1CC1. The molecule has 0 aliphatic heterocycles. The maximum absolute atomic E-state index is 5.81. The van der Waals surface area contributed by atoms with Crippen LogP contribution in [0.25, 0.3) is 5.65 Å². The minimum absolute atomic E-state index is 0.645. The summed E-state index contributed by atoms with van der Waals surface area (Å²) in [5.74, 6) is 1.80. The van der Waals surface area contributed by atoms with Gasteiger partial charge in [0.05, 0.1) is 5.69 Å². The van der Waals surface area contributed by atoms with Gasteiger partial charge in [-0.1, -0.05) is 19.9 Å². The molecule has 0 radical (unpaired) electrons. The summed E-state index contributed by atoms with van der Waals surface area (Å²) in [4.78, 5) is 7.38. The van der Waals surface area contributed by atoms with E-state index < -0.39 is 0 Å². The van der Waals surface area contributed by atoms with Crippen LogP contribution >= 0.6 is 0 Å². The summed E-state index contributed by atoms with van der Waals surface area (Å²) >= 11 is 0. The van der Waals surface area contributed by atoms with Crippen LogP contribution in [0.1, 0.15) is 32.4 Å². The fraction of sp³-hybridized carbons (Fsp3) is 0.562. The van der Waals surface area contributed by atoms with E-state index in [1.165, 1.54) is 18.5 Å². The molecular formula is C16H24N4. The molecule has 1 saturated carbocycles. The molecule has 0 bridgehead atoms. The van der Waals surface area contributed by atoms with Gasteiger partial charge in [-0.2, -0.15) is 0 Å². The molecule has 2 N–H and O–H groups in total. The number of aromatic nitrogens is 2. The van der Waals surface area contributed by atoms with Crippen LogP contribution < -0.4 is 10.6 Å². The molecule has 0 aromatic carbocycles. The molecule has 4 heteroatoms. The van der Waals surface area contributed by atoms with Crippen molar-refractivity contribution in [2.24, 2.45) is 11.7 Å². The van der Waals surface area contributed by atoms with Gasteiger partial charge in [-0.25, -0.2) is 4.98 Å². The molecule has 0 atom stereocenters. The first-order valence-corrected chi connectivity index (χ1v) is 7.63. The molecule has 108 valence electrons. The smallest absolute Gasteiger partial charge is 0.151 e. The Hall–Kier alpha value is -1.55. The highest BCUT2D eigenvalue weighted by Crippen LogP contribution is 2.34. The number of nitrogens with two attached hydrogens (primary N) is 1. The van der Waals surface area contributed by atoms with Crippen molar-refractivity contribution < 1.29 is 0 Å². The van der Waals surface area contributed by atoms with Gasteiger partial charge in [-0.3, -0.25) is 0 Å². The van der Waals surface area contributed by atoms with Crippen molar-refractivity contribution in [2.45, 2.75) is 39.2 Å². The van der Waals surface area contributed by atoms with Gasteiger partial charge in [0.1, 0.15) is 5.65 Å². The van der Waals surface area contributed by atoms with E-state index in [1.807, 2.05) is 6.07 Å². The Morgan fingerprint density at radius 3 is 2.85 bits per heavy atom. The van der Waals surface area contributed by atoms with E-state index in [-0.39, 0.29) is 0 Å². The second-order valence-corrected chi connectivity index (χ2v) is 6.13. The Bertz CT molecular complexity index is 583. The van der Waals surface area contributed by atoms with Crippen LogP contribution in [0.3, 0.4) is 0 Å². The molecule has 4 nitrogen and oxygen atoms in total. The van der Waals surface area contributed by atoms with E-state index in [0.29, 0.717) is 18.5 Å². The minimum Gasteiger partial charge on any atom is -0.352 e. The Morgan fingerprint density at radius 1 is 1.40 bits per heavy atom. The van der Waals surface area contributed by atoms with Crippen molar-refractivity contribution in [3.63, 3.8) is 0 Å². The quantitative estimate of drug-likeness (QED) is 0.878. The van der Waals surface area contributed by atoms with Gasteiger partial charge in [-0.15, -0.1) is 0 Å². The molecule has 2 heterocycles. The van der Waals surface area contributed by atoms with Crippen molar-refractivity contribution in [2.75, 3.05) is 18.0 Å². The number of fused-ring (bicyclic) bond motifs is 1. The van der Waals surface area contributed by atoms with Gasteiger partial charge in [0.15, 0.2) is 5.82 Å². The molecule has 0 spiro atoms. The fourth-order valence-electron chi connectivity index (χ4n) is 2.82. The summed E-state index contributed by atoms with van der Waals surface area (Å²) in [5, 5.41) is 0. The number of pyridine rings is 1. The van der Waals surface area contributed by atoms with E-state index in [1.54, 1.807) is 0 Å². The van der Waals surface area contributed by atoms with Crippen LogP contribution in [-0.2, 0) is 6.42 Å². The van der Waals surface area contributed by atoms with Crippen LogP contribution in [-0.4, -0.2) is 28.5 Å². The second-order valence-electron chi connectivity index (χ2n) is 6.13. The van der Waals surface area contributed by atoms with Gasteiger partial charge in [0.2, 0.25) is 0 Å². The number of rotatable bonds is 6. The average Bonchev–Trinajstić information content (AvgIpc) is 3.20. The number of imidazole rings is 1.